The summed E-state index contributed by atoms with van der Waals surface area (Å²) in [5, 5.41) is 2.93. The topological polar surface area (TPSA) is 38.3 Å². The van der Waals surface area contributed by atoms with Gasteiger partial charge in [-0.2, -0.15) is 0 Å². The lowest BCUT2D eigenvalue weighted by Gasteiger charge is -2.07. The highest BCUT2D eigenvalue weighted by atomic mass is 79.9. The summed E-state index contributed by atoms with van der Waals surface area (Å²) < 4.78 is 18.5. The van der Waals surface area contributed by atoms with Crippen LogP contribution in [-0.2, 0) is 4.79 Å². The second kappa shape index (κ2) is 6.33. The van der Waals surface area contributed by atoms with Crippen molar-refractivity contribution in [1.29, 1.82) is 0 Å². The van der Waals surface area contributed by atoms with Crippen LogP contribution in [0.1, 0.15) is 0 Å². The monoisotopic (exact) mass is 323 g/mol. The molecule has 19 heavy (non-hydrogen) atoms. The molecule has 0 saturated heterocycles. The molecule has 2 aromatic rings. The number of hydrogen-bond donors (Lipinski definition) is 1. The highest BCUT2D eigenvalue weighted by Crippen LogP contribution is 2.23. The fraction of sp³-hybridized carbons (Fsp3) is 0.0714. The number of hydrogen-bond acceptors (Lipinski definition) is 2. The first-order valence-electron chi connectivity index (χ1n) is 5.56. The van der Waals surface area contributed by atoms with Crippen molar-refractivity contribution in [2.24, 2.45) is 0 Å². The Hall–Kier alpha value is -1.88. The number of alkyl halides is 1. The minimum Gasteiger partial charge on any atom is -0.457 e. The Kier molecular flexibility index (Phi) is 4.52. The Bertz CT molecular complexity index is 572. The molecular weight excluding hydrogens is 313 g/mol. The standard InChI is InChI=1S/C14H11BrFNO2/c15-9-14(18)17-11-4-6-12(7-5-11)19-13-3-1-2-10(16)8-13/h1-8H,9H2,(H,17,18). The summed E-state index contributed by atoms with van der Waals surface area (Å²) in [4.78, 5) is 11.2. The molecule has 0 aliphatic carbocycles. The van der Waals surface area contributed by atoms with Crippen LogP contribution in [0.15, 0.2) is 48.5 Å². The SMILES string of the molecule is O=C(CBr)Nc1ccc(Oc2cccc(F)c2)cc1. The molecule has 5 heteroatoms. The van der Waals surface area contributed by atoms with Crippen molar-refractivity contribution in [3.8, 4) is 11.5 Å². The molecule has 98 valence electrons. The Labute approximate surface area is 118 Å². The van der Waals surface area contributed by atoms with Crippen molar-refractivity contribution in [3.63, 3.8) is 0 Å². The van der Waals surface area contributed by atoms with E-state index < -0.39 is 0 Å². The largest absolute Gasteiger partial charge is 0.457 e. The lowest BCUT2D eigenvalue weighted by molar-refractivity contribution is -0.113. The minimum absolute atomic E-state index is 0.126. The number of benzene rings is 2. The first kappa shape index (κ1) is 13.5. The highest BCUT2D eigenvalue weighted by Gasteiger charge is 2.01. The van der Waals surface area contributed by atoms with Crippen LogP contribution in [0, 0.1) is 5.82 Å². The number of nitrogens with one attached hydrogen (secondary N) is 1. The molecule has 3 nitrogen and oxygen atoms in total. The zero-order chi connectivity index (χ0) is 13.7. The van der Waals surface area contributed by atoms with Gasteiger partial charge in [0.1, 0.15) is 17.3 Å². The first-order chi connectivity index (χ1) is 9.17. The van der Waals surface area contributed by atoms with Gasteiger partial charge in [-0.25, -0.2) is 4.39 Å². The summed E-state index contributed by atoms with van der Waals surface area (Å²) >= 11 is 3.07. The molecule has 1 amide bonds. The van der Waals surface area contributed by atoms with Crippen molar-refractivity contribution in [3.05, 3.63) is 54.3 Å². The zero-order valence-electron chi connectivity index (χ0n) is 9.90. The summed E-state index contributed by atoms with van der Waals surface area (Å²) in [6, 6.07) is 12.7. The lowest BCUT2D eigenvalue weighted by Crippen LogP contribution is -2.11. The predicted octanol–water partition coefficient (Wildman–Crippen LogP) is 3.95. The third kappa shape index (κ3) is 4.06. The van der Waals surface area contributed by atoms with Gasteiger partial charge >= 0.3 is 0 Å². The number of halogens is 2. The van der Waals surface area contributed by atoms with Crippen LogP contribution >= 0.6 is 15.9 Å². The molecule has 0 aliphatic rings. The number of rotatable bonds is 4. The van der Waals surface area contributed by atoms with Gasteiger partial charge in [0.2, 0.25) is 5.91 Å². The van der Waals surface area contributed by atoms with E-state index in [2.05, 4.69) is 21.2 Å². The molecule has 0 radical (unpaired) electrons. The van der Waals surface area contributed by atoms with E-state index in [0.717, 1.165) is 0 Å². The molecule has 0 heterocycles. The molecule has 0 aliphatic heterocycles. The maximum Gasteiger partial charge on any atom is 0.235 e. The summed E-state index contributed by atoms with van der Waals surface area (Å²) in [6.45, 7) is 0. The Balaban J connectivity index is 2.04. The van der Waals surface area contributed by atoms with Crippen LogP contribution < -0.4 is 10.1 Å². The molecule has 0 fully saturated rings. The zero-order valence-corrected chi connectivity index (χ0v) is 11.5. The van der Waals surface area contributed by atoms with E-state index in [-0.39, 0.29) is 17.1 Å². The van der Waals surface area contributed by atoms with Gasteiger partial charge in [0.25, 0.3) is 0 Å². The van der Waals surface area contributed by atoms with Crippen LogP contribution in [0.25, 0.3) is 0 Å². The van der Waals surface area contributed by atoms with E-state index in [1.807, 2.05) is 0 Å². The molecular formula is C14H11BrFNO2. The number of ether oxygens (including phenoxy) is 1. The van der Waals surface area contributed by atoms with E-state index in [4.69, 9.17) is 4.74 Å². The second-order valence-corrected chi connectivity index (χ2v) is 4.33. The quantitative estimate of drug-likeness (QED) is 0.865. The molecule has 0 aromatic heterocycles. The molecule has 1 N–H and O–H groups in total. The Morgan fingerprint density at radius 3 is 2.53 bits per heavy atom. The number of carbonyl (C=O) groups excluding carboxylic acids is 1. The maximum atomic E-state index is 13.0. The number of amides is 1. The molecule has 0 saturated carbocycles. The molecule has 2 aromatic carbocycles. The van der Waals surface area contributed by atoms with E-state index >= 15 is 0 Å². The van der Waals surface area contributed by atoms with Crippen molar-refractivity contribution in [1.82, 2.24) is 0 Å². The van der Waals surface area contributed by atoms with Gasteiger partial charge in [-0.3, -0.25) is 4.79 Å². The average Bonchev–Trinajstić information content (AvgIpc) is 2.41. The van der Waals surface area contributed by atoms with Gasteiger partial charge < -0.3 is 10.1 Å². The third-order valence-electron chi connectivity index (χ3n) is 2.29. The van der Waals surface area contributed by atoms with E-state index in [1.54, 1.807) is 36.4 Å². The van der Waals surface area contributed by atoms with Crippen LogP contribution in [0.2, 0.25) is 0 Å². The van der Waals surface area contributed by atoms with Gasteiger partial charge in [-0.05, 0) is 36.4 Å². The van der Waals surface area contributed by atoms with Crippen molar-refractivity contribution >= 4 is 27.5 Å². The third-order valence-corrected chi connectivity index (χ3v) is 2.80. The van der Waals surface area contributed by atoms with Crippen LogP contribution in [0.3, 0.4) is 0 Å². The van der Waals surface area contributed by atoms with Gasteiger partial charge in [-0.15, -0.1) is 0 Å². The number of carbonyl (C=O) groups is 1. The molecule has 0 atom stereocenters. The summed E-state index contributed by atoms with van der Waals surface area (Å²) in [5.74, 6) is 0.525. The van der Waals surface area contributed by atoms with Gasteiger partial charge in [0.15, 0.2) is 0 Å². The summed E-state index contributed by atoms with van der Waals surface area (Å²) in [6.07, 6.45) is 0. The lowest BCUT2D eigenvalue weighted by atomic mass is 10.3. The molecule has 2 rings (SSSR count). The Morgan fingerprint density at radius 2 is 1.89 bits per heavy atom. The normalized spacial score (nSPS) is 10.0. The first-order valence-corrected chi connectivity index (χ1v) is 6.69. The molecule has 0 unspecified atom stereocenters. The van der Waals surface area contributed by atoms with Crippen LogP contribution in [0.4, 0.5) is 10.1 Å². The summed E-state index contributed by atoms with van der Waals surface area (Å²) in [7, 11) is 0. The van der Waals surface area contributed by atoms with Crippen LogP contribution in [0.5, 0.6) is 11.5 Å². The van der Waals surface area contributed by atoms with E-state index in [1.165, 1.54) is 12.1 Å². The predicted molar refractivity (Wildman–Crippen MR) is 75.3 cm³/mol. The Morgan fingerprint density at radius 1 is 1.16 bits per heavy atom. The van der Waals surface area contributed by atoms with Crippen molar-refractivity contribution in [2.45, 2.75) is 0 Å². The van der Waals surface area contributed by atoms with Gasteiger partial charge in [0.05, 0.1) is 5.33 Å². The fourth-order valence-corrected chi connectivity index (χ4v) is 1.61. The molecule has 0 spiro atoms. The number of anilines is 1. The smallest absolute Gasteiger partial charge is 0.235 e. The van der Waals surface area contributed by atoms with Crippen molar-refractivity contribution in [2.75, 3.05) is 10.6 Å². The highest BCUT2D eigenvalue weighted by molar-refractivity contribution is 9.09. The van der Waals surface area contributed by atoms with Crippen LogP contribution in [-0.4, -0.2) is 11.2 Å². The summed E-state index contributed by atoms with van der Waals surface area (Å²) in [5.41, 5.74) is 0.677. The van der Waals surface area contributed by atoms with Gasteiger partial charge in [0, 0.05) is 11.8 Å². The average molecular weight is 324 g/mol. The van der Waals surface area contributed by atoms with Gasteiger partial charge in [-0.1, -0.05) is 22.0 Å². The van der Waals surface area contributed by atoms with E-state index in [0.29, 0.717) is 17.2 Å². The minimum atomic E-state index is -0.348. The molecule has 0 bridgehead atoms. The fourth-order valence-electron chi connectivity index (χ4n) is 1.47. The maximum absolute atomic E-state index is 13.0. The van der Waals surface area contributed by atoms with Crippen molar-refractivity contribution < 1.29 is 13.9 Å². The second-order valence-electron chi connectivity index (χ2n) is 3.77. The van der Waals surface area contributed by atoms with E-state index in [9.17, 15) is 9.18 Å².